The summed E-state index contributed by atoms with van der Waals surface area (Å²) in [4.78, 5) is 0. The van der Waals surface area contributed by atoms with Gasteiger partial charge in [0.25, 0.3) is 0 Å². The second-order valence-electron chi connectivity index (χ2n) is 6.90. The van der Waals surface area contributed by atoms with Gasteiger partial charge in [0, 0.05) is 6.04 Å². The second kappa shape index (κ2) is 5.77. The minimum absolute atomic E-state index is 0.410. The average Bonchev–Trinajstić information content (AvgIpc) is 2.79. The lowest BCUT2D eigenvalue weighted by molar-refractivity contribution is 0.101. The molecule has 20 heavy (non-hydrogen) atoms. The topological polar surface area (TPSA) is 21.3 Å². The van der Waals surface area contributed by atoms with Gasteiger partial charge in [0.1, 0.15) is 5.75 Å². The third-order valence-electron chi connectivity index (χ3n) is 4.98. The molecule has 1 N–H and O–H groups in total. The summed E-state index contributed by atoms with van der Waals surface area (Å²) in [6.07, 6.45) is 6.57. The average molecular weight is 273 g/mol. The molecule has 0 radical (unpaired) electrons. The zero-order valence-corrected chi connectivity index (χ0v) is 13.0. The van der Waals surface area contributed by atoms with Crippen molar-refractivity contribution in [2.75, 3.05) is 7.05 Å². The number of rotatable bonds is 3. The maximum atomic E-state index is 6.27. The Labute approximate surface area is 122 Å². The molecule has 0 saturated heterocycles. The number of ether oxygens (including phenoxy) is 1. The number of aryl methyl sites for hydroxylation is 1. The van der Waals surface area contributed by atoms with Gasteiger partial charge in [-0.2, -0.15) is 0 Å². The van der Waals surface area contributed by atoms with E-state index >= 15 is 0 Å². The highest BCUT2D eigenvalue weighted by Gasteiger charge is 2.26. The number of hydrogen-bond donors (Lipinski definition) is 1. The molecule has 2 heteroatoms. The summed E-state index contributed by atoms with van der Waals surface area (Å²) in [6.45, 7) is 4.71. The molecule has 1 saturated carbocycles. The number of benzene rings is 1. The zero-order valence-electron chi connectivity index (χ0n) is 13.0. The summed E-state index contributed by atoms with van der Waals surface area (Å²) in [5.74, 6) is 2.67. The highest BCUT2D eigenvalue weighted by Crippen LogP contribution is 2.35. The van der Waals surface area contributed by atoms with Crippen molar-refractivity contribution in [2.45, 2.75) is 58.1 Å². The van der Waals surface area contributed by atoms with Crippen LogP contribution < -0.4 is 10.1 Å². The van der Waals surface area contributed by atoms with E-state index in [-0.39, 0.29) is 0 Å². The lowest BCUT2D eigenvalue weighted by Gasteiger charge is -2.31. The smallest absolute Gasteiger partial charge is 0.120 e. The van der Waals surface area contributed by atoms with Gasteiger partial charge in [0.2, 0.25) is 0 Å². The van der Waals surface area contributed by atoms with Crippen LogP contribution in [0.1, 0.15) is 56.7 Å². The summed E-state index contributed by atoms with van der Waals surface area (Å²) in [5.41, 5.74) is 2.93. The summed E-state index contributed by atoms with van der Waals surface area (Å²) in [6, 6.07) is 7.23. The molecule has 3 unspecified atom stereocenters. The van der Waals surface area contributed by atoms with Gasteiger partial charge >= 0.3 is 0 Å². The fourth-order valence-corrected chi connectivity index (χ4v) is 4.13. The predicted molar refractivity (Wildman–Crippen MR) is 83.2 cm³/mol. The van der Waals surface area contributed by atoms with Crippen LogP contribution in [0.2, 0.25) is 0 Å². The summed E-state index contributed by atoms with van der Waals surface area (Å²) in [7, 11) is 2.05. The van der Waals surface area contributed by atoms with E-state index in [9.17, 15) is 0 Å². The zero-order chi connectivity index (χ0) is 14.1. The lowest BCUT2D eigenvalue weighted by Crippen LogP contribution is -2.28. The molecular formula is C18H27NO. The van der Waals surface area contributed by atoms with Crippen molar-refractivity contribution in [3.8, 4) is 5.75 Å². The molecular weight excluding hydrogens is 246 g/mol. The van der Waals surface area contributed by atoms with Crippen LogP contribution >= 0.6 is 0 Å². The molecule has 0 heterocycles. The Hall–Kier alpha value is -1.02. The third kappa shape index (κ3) is 2.85. The fourth-order valence-electron chi connectivity index (χ4n) is 4.13. The molecule has 110 valence electrons. The Balaban J connectivity index is 1.69. The van der Waals surface area contributed by atoms with Gasteiger partial charge in [-0.05, 0) is 74.2 Å². The fraction of sp³-hybridized carbons (Fsp3) is 0.667. The minimum Gasteiger partial charge on any atom is -0.490 e. The van der Waals surface area contributed by atoms with Gasteiger partial charge in [0.05, 0.1) is 6.10 Å². The number of fused-ring (bicyclic) bond motifs is 1. The van der Waals surface area contributed by atoms with E-state index in [4.69, 9.17) is 4.74 Å². The first kappa shape index (κ1) is 13.9. The summed E-state index contributed by atoms with van der Waals surface area (Å²) in [5, 5.41) is 3.39. The minimum atomic E-state index is 0.410. The van der Waals surface area contributed by atoms with Crippen molar-refractivity contribution in [1.82, 2.24) is 5.32 Å². The Morgan fingerprint density at radius 1 is 1.10 bits per heavy atom. The molecule has 0 aliphatic heterocycles. The Bertz CT molecular complexity index is 460. The van der Waals surface area contributed by atoms with Gasteiger partial charge in [-0.15, -0.1) is 0 Å². The van der Waals surface area contributed by atoms with Gasteiger partial charge in [0.15, 0.2) is 0 Å². The van der Waals surface area contributed by atoms with Crippen molar-refractivity contribution in [2.24, 2.45) is 11.8 Å². The first-order chi connectivity index (χ1) is 9.65. The van der Waals surface area contributed by atoms with Crippen molar-refractivity contribution in [3.05, 3.63) is 29.3 Å². The SMILES string of the molecule is CNC1CCc2cc(OC3CC(C)CC(C)C3)ccc21. The van der Waals surface area contributed by atoms with Gasteiger partial charge in [-0.25, -0.2) is 0 Å². The van der Waals surface area contributed by atoms with E-state index in [0.29, 0.717) is 12.1 Å². The van der Waals surface area contributed by atoms with E-state index in [0.717, 1.165) is 17.6 Å². The molecule has 2 aliphatic carbocycles. The summed E-state index contributed by atoms with van der Waals surface area (Å²) < 4.78 is 6.27. The number of nitrogens with one attached hydrogen (secondary N) is 1. The molecule has 2 aliphatic rings. The van der Waals surface area contributed by atoms with Crippen LogP contribution in [0.15, 0.2) is 18.2 Å². The van der Waals surface area contributed by atoms with E-state index in [1.54, 1.807) is 0 Å². The molecule has 0 spiro atoms. The van der Waals surface area contributed by atoms with Crippen LogP contribution in [0, 0.1) is 11.8 Å². The second-order valence-corrected chi connectivity index (χ2v) is 6.90. The normalized spacial score (nSPS) is 33.0. The predicted octanol–water partition coefficient (Wildman–Crippen LogP) is 4.10. The van der Waals surface area contributed by atoms with E-state index in [1.807, 2.05) is 0 Å². The molecule has 2 nitrogen and oxygen atoms in total. The Kier molecular flexibility index (Phi) is 4.02. The van der Waals surface area contributed by atoms with Crippen molar-refractivity contribution >= 4 is 0 Å². The van der Waals surface area contributed by atoms with Crippen molar-refractivity contribution < 1.29 is 4.74 Å². The van der Waals surface area contributed by atoms with Crippen molar-refractivity contribution in [3.63, 3.8) is 0 Å². The van der Waals surface area contributed by atoms with Gasteiger partial charge in [-0.1, -0.05) is 19.9 Å². The maximum absolute atomic E-state index is 6.27. The maximum Gasteiger partial charge on any atom is 0.120 e. The largest absolute Gasteiger partial charge is 0.490 e. The molecule has 1 aromatic rings. The Morgan fingerprint density at radius 2 is 1.85 bits per heavy atom. The molecule has 3 atom stereocenters. The molecule has 1 fully saturated rings. The highest BCUT2D eigenvalue weighted by atomic mass is 16.5. The van der Waals surface area contributed by atoms with Crippen LogP contribution in [-0.4, -0.2) is 13.2 Å². The van der Waals surface area contributed by atoms with E-state index in [2.05, 4.69) is 44.4 Å². The van der Waals surface area contributed by atoms with Crippen LogP contribution in [0.3, 0.4) is 0 Å². The number of hydrogen-bond acceptors (Lipinski definition) is 2. The Morgan fingerprint density at radius 3 is 2.55 bits per heavy atom. The van der Waals surface area contributed by atoms with E-state index in [1.165, 1.54) is 43.2 Å². The molecule has 1 aromatic carbocycles. The first-order valence-corrected chi connectivity index (χ1v) is 8.12. The van der Waals surface area contributed by atoms with Crippen LogP contribution in [0.4, 0.5) is 0 Å². The molecule has 0 amide bonds. The van der Waals surface area contributed by atoms with E-state index < -0.39 is 0 Å². The van der Waals surface area contributed by atoms with Crippen LogP contribution in [0.25, 0.3) is 0 Å². The van der Waals surface area contributed by atoms with Gasteiger partial charge in [-0.3, -0.25) is 0 Å². The standard InChI is InChI=1S/C18H27NO/c1-12-8-13(2)10-16(9-12)20-15-5-6-17-14(11-15)4-7-18(17)19-3/h5-6,11-13,16,18-19H,4,7-10H2,1-3H3. The quantitative estimate of drug-likeness (QED) is 0.895. The third-order valence-corrected chi connectivity index (χ3v) is 4.98. The first-order valence-electron chi connectivity index (χ1n) is 8.12. The lowest BCUT2D eigenvalue weighted by atomic mass is 9.82. The molecule has 0 bridgehead atoms. The molecule has 3 rings (SSSR count). The highest BCUT2D eigenvalue weighted by molar-refractivity contribution is 5.40. The van der Waals surface area contributed by atoms with Crippen LogP contribution in [0.5, 0.6) is 5.75 Å². The van der Waals surface area contributed by atoms with Gasteiger partial charge < -0.3 is 10.1 Å². The molecule has 0 aromatic heterocycles. The van der Waals surface area contributed by atoms with Crippen molar-refractivity contribution in [1.29, 1.82) is 0 Å². The summed E-state index contributed by atoms with van der Waals surface area (Å²) >= 11 is 0. The monoisotopic (exact) mass is 273 g/mol. The van der Waals surface area contributed by atoms with Crippen LogP contribution in [-0.2, 0) is 6.42 Å².